The summed E-state index contributed by atoms with van der Waals surface area (Å²) in [5.74, 6) is 8.64. The van der Waals surface area contributed by atoms with Crippen LogP contribution in [-0.2, 0) is 12.4 Å². The highest BCUT2D eigenvalue weighted by molar-refractivity contribution is 7.98. The van der Waals surface area contributed by atoms with Gasteiger partial charge < -0.3 is 15.0 Å². The molecule has 4 rings (SSSR count). The third-order valence-corrected chi connectivity index (χ3v) is 5.20. The lowest BCUT2D eigenvalue weighted by Gasteiger charge is -2.08. The van der Waals surface area contributed by atoms with E-state index in [1.807, 2.05) is 56.3 Å². The van der Waals surface area contributed by atoms with Crippen molar-refractivity contribution in [2.24, 2.45) is 0 Å². The van der Waals surface area contributed by atoms with Crippen LogP contribution in [0.4, 0.5) is 0 Å². The van der Waals surface area contributed by atoms with Crippen molar-refractivity contribution in [3.8, 4) is 17.2 Å². The Morgan fingerprint density at radius 2 is 1.83 bits per heavy atom. The van der Waals surface area contributed by atoms with Crippen molar-refractivity contribution in [3.63, 3.8) is 0 Å². The van der Waals surface area contributed by atoms with Crippen molar-refractivity contribution in [2.75, 3.05) is 5.84 Å². The number of rotatable bonds is 7. The van der Waals surface area contributed by atoms with Crippen LogP contribution in [0.5, 0.6) is 5.75 Å². The molecule has 0 atom stereocenters. The molecular weight excluding hydrogens is 386 g/mol. The summed E-state index contributed by atoms with van der Waals surface area (Å²) < 4.78 is 12.8. The number of nitrogens with two attached hydrogens (primary N) is 1. The lowest BCUT2D eigenvalue weighted by molar-refractivity contribution is 0.291. The lowest BCUT2D eigenvalue weighted by atomic mass is 10.1. The number of aromatic nitrogens is 4. The zero-order chi connectivity index (χ0) is 20.2. The molecule has 0 saturated heterocycles. The second kappa shape index (κ2) is 8.40. The predicted octanol–water partition coefficient (Wildman–Crippen LogP) is 4.14. The molecule has 0 bridgehead atoms. The first-order valence-corrected chi connectivity index (χ1v) is 10.1. The van der Waals surface area contributed by atoms with E-state index in [9.17, 15) is 0 Å². The molecule has 148 valence electrons. The standard InChI is InChI=1S/C21H21N5O2S/c1-14-8-15(2)10-18(9-14)27-12-19-24-25-21(26(19)22)29-13-17-11-28-20(23-17)16-6-4-3-5-7-16/h3-11H,12-13,22H2,1-2H3. The molecule has 0 radical (unpaired) electrons. The molecule has 0 saturated carbocycles. The summed E-state index contributed by atoms with van der Waals surface area (Å²) >= 11 is 1.44. The molecule has 0 aliphatic rings. The fourth-order valence-corrected chi connectivity index (χ4v) is 3.65. The molecule has 29 heavy (non-hydrogen) atoms. The van der Waals surface area contributed by atoms with Crippen molar-refractivity contribution < 1.29 is 9.15 Å². The van der Waals surface area contributed by atoms with Crippen LogP contribution in [0.15, 0.2) is 64.4 Å². The van der Waals surface area contributed by atoms with E-state index in [2.05, 4.69) is 21.2 Å². The first kappa shape index (κ1) is 19.1. The van der Waals surface area contributed by atoms with E-state index in [1.54, 1.807) is 6.26 Å². The van der Waals surface area contributed by atoms with E-state index >= 15 is 0 Å². The summed E-state index contributed by atoms with van der Waals surface area (Å²) in [7, 11) is 0. The van der Waals surface area contributed by atoms with Crippen molar-refractivity contribution in [2.45, 2.75) is 31.4 Å². The summed E-state index contributed by atoms with van der Waals surface area (Å²) in [6.45, 7) is 4.31. The van der Waals surface area contributed by atoms with E-state index < -0.39 is 0 Å². The number of ether oxygens (including phenoxy) is 1. The Kier molecular flexibility index (Phi) is 5.53. The molecule has 0 aliphatic heterocycles. The van der Waals surface area contributed by atoms with Crippen LogP contribution < -0.4 is 10.6 Å². The number of hydrogen-bond acceptors (Lipinski definition) is 7. The van der Waals surface area contributed by atoms with E-state index in [4.69, 9.17) is 15.0 Å². The van der Waals surface area contributed by atoms with Crippen molar-refractivity contribution in [1.29, 1.82) is 0 Å². The van der Waals surface area contributed by atoms with Gasteiger partial charge in [0.05, 0.1) is 5.69 Å². The average molecular weight is 407 g/mol. The Morgan fingerprint density at radius 3 is 2.59 bits per heavy atom. The molecule has 2 aromatic carbocycles. The molecule has 0 unspecified atom stereocenters. The second-order valence-corrected chi connectivity index (χ2v) is 7.62. The highest BCUT2D eigenvalue weighted by Crippen LogP contribution is 2.24. The van der Waals surface area contributed by atoms with E-state index in [0.29, 0.717) is 22.6 Å². The van der Waals surface area contributed by atoms with Crippen LogP contribution in [0.1, 0.15) is 22.6 Å². The summed E-state index contributed by atoms with van der Waals surface area (Å²) in [5, 5.41) is 8.89. The van der Waals surface area contributed by atoms with Gasteiger partial charge in [-0.05, 0) is 49.2 Å². The fraction of sp³-hybridized carbons (Fsp3) is 0.190. The van der Waals surface area contributed by atoms with Crippen LogP contribution in [0, 0.1) is 13.8 Å². The molecule has 2 N–H and O–H groups in total. The molecule has 0 spiro atoms. The molecule has 4 aromatic rings. The van der Waals surface area contributed by atoms with Crippen LogP contribution >= 0.6 is 11.8 Å². The minimum Gasteiger partial charge on any atom is -0.486 e. The Morgan fingerprint density at radius 1 is 1.07 bits per heavy atom. The van der Waals surface area contributed by atoms with Gasteiger partial charge in [0.25, 0.3) is 0 Å². The van der Waals surface area contributed by atoms with Crippen molar-refractivity contribution in [3.05, 3.63) is 77.4 Å². The van der Waals surface area contributed by atoms with Gasteiger partial charge in [-0.3, -0.25) is 0 Å². The van der Waals surface area contributed by atoms with Gasteiger partial charge in [-0.2, -0.15) is 0 Å². The minimum absolute atomic E-state index is 0.245. The number of thioether (sulfide) groups is 1. The number of hydrogen-bond donors (Lipinski definition) is 1. The number of nitrogen functional groups attached to an aromatic ring is 1. The molecule has 7 nitrogen and oxygen atoms in total. The number of aryl methyl sites for hydroxylation is 2. The van der Waals surface area contributed by atoms with Crippen molar-refractivity contribution >= 4 is 11.8 Å². The van der Waals surface area contributed by atoms with Gasteiger partial charge in [0.2, 0.25) is 11.0 Å². The van der Waals surface area contributed by atoms with Crippen LogP contribution in [0.25, 0.3) is 11.5 Å². The number of oxazole rings is 1. The number of benzene rings is 2. The SMILES string of the molecule is Cc1cc(C)cc(OCc2nnc(SCc3coc(-c4ccccc4)n3)n2N)c1. The van der Waals surface area contributed by atoms with Gasteiger partial charge in [-0.1, -0.05) is 36.0 Å². The summed E-state index contributed by atoms with van der Waals surface area (Å²) in [6.07, 6.45) is 1.65. The Hall–Kier alpha value is -3.26. The third kappa shape index (κ3) is 4.60. The van der Waals surface area contributed by atoms with Crippen LogP contribution in [0.3, 0.4) is 0 Å². The highest BCUT2D eigenvalue weighted by atomic mass is 32.2. The molecule has 0 fully saturated rings. The first-order chi connectivity index (χ1) is 14.1. The smallest absolute Gasteiger partial charge is 0.226 e. The summed E-state index contributed by atoms with van der Waals surface area (Å²) in [4.78, 5) is 4.51. The Balaban J connectivity index is 1.37. The first-order valence-electron chi connectivity index (χ1n) is 9.11. The normalized spacial score (nSPS) is 11.0. The lowest BCUT2D eigenvalue weighted by Crippen LogP contribution is -2.15. The van der Waals surface area contributed by atoms with Gasteiger partial charge in [-0.25, -0.2) is 9.66 Å². The van der Waals surface area contributed by atoms with Gasteiger partial charge >= 0.3 is 0 Å². The quantitative estimate of drug-likeness (QED) is 0.364. The molecule has 2 aromatic heterocycles. The molecule has 0 aliphatic carbocycles. The minimum atomic E-state index is 0.245. The molecule has 0 amide bonds. The number of nitrogens with zero attached hydrogens (tertiary/aromatic N) is 4. The highest BCUT2D eigenvalue weighted by Gasteiger charge is 2.13. The molecular formula is C21H21N5O2S. The van der Waals surface area contributed by atoms with Gasteiger partial charge in [0.15, 0.2) is 5.82 Å². The van der Waals surface area contributed by atoms with Gasteiger partial charge in [0, 0.05) is 11.3 Å². The second-order valence-electron chi connectivity index (χ2n) is 6.68. The zero-order valence-corrected chi connectivity index (χ0v) is 17.0. The van der Waals surface area contributed by atoms with E-state index in [0.717, 1.165) is 28.1 Å². The van der Waals surface area contributed by atoms with Gasteiger partial charge in [0.1, 0.15) is 18.6 Å². The average Bonchev–Trinajstić information content (AvgIpc) is 3.32. The monoisotopic (exact) mass is 407 g/mol. The topological polar surface area (TPSA) is 92.0 Å². The molecule has 8 heteroatoms. The van der Waals surface area contributed by atoms with E-state index in [-0.39, 0.29) is 6.61 Å². The Bertz CT molecular complexity index is 1090. The van der Waals surface area contributed by atoms with Crippen molar-refractivity contribution in [1.82, 2.24) is 19.9 Å². The predicted molar refractivity (Wildman–Crippen MR) is 112 cm³/mol. The zero-order valence-electron chi connectivity index (χ0n) is 16.2. The Labute approximate surface area is 172 Å². The fourth-order valence-electron chi connectivity index (χ4n) is 2.89. The maximum Gasteiger partial charge on any atom is 0.226 e. The maximum absolute atomic E-state index is 6.13. The van der Waals surface area contributed by atoms with Crippen LogP contribution in [-0.4, -0.2) is 19.9 Å². The maximum atomic E-state index is 6.13. The summed E-state index contributed by atoms with van der Waals surface area (Å²) in [5.41, 5.74) is 4.04. The molecule has 2 heterocycles. The summed E-state index contributed by atoms with van der Waals surface area (Å²) in [6, 6.07) is 15.8. The van der Waals surface area contributed by atoms with Gasteiger partial charge in [-0.15, -0.1) is 10.2 Å². The largest absolute Gasteiger partial charge is 0.486 e. The van der Waals surface area contributed by atoms with Crippen LogP contribution in [0.2, 0.25) is 0 Å². The van der Waals surface area contributed by atoms with E-state index in [1.165, 1.54) is 16.4 Å². The third-order valence-electron chi connectivity index (χ3n) is 4.22.